The zero-order valence-corrected chi connectivity index (χ0v) is 12.0. The van der Waals surface area contributed by atoms with E-state index in [1.165, 1.54) is 0 Å². The number of rotatable bonds is 7. The van der Waals surface area contributed by atoms with E-state index in [4.69, 9.17) is 9.84 Å². The van der Waals surface area contributed by atoms with Crippen molar-refractivity contribution in [1.82, 2.24) is 0 Å². The van der Waals surface area contributed by atoms with Gasteiger partial charge < -0.3 is 9.84 Å². The average molecular weight is 319 g/mol. The van der Waals surface area contributed by atoms with E-state index in [1.54, 1.807) is 18.7 Å². The Labute approximate surface area is 114 Å². The van der Waals surface area contributed by atoms with Crippen molar-refractivity contribution in [2.24, 2.45) is 5.92 Å². The van der Waals surface area contributed by atoms with Crippen LogP contribution in [0.4, 0.5) is 0 Å². The minimum Gasteiger partial charge on any atom is -0.493 e. The number of hydrogen-bond donors (Lipinski definition) is 1. The van der Waals surface area contributed by atoms with Gasteiger partial charge in [0.2, 0.25) is 0 Å². The van der Waals surface area contributed by atoms with Crippen LogP contribution in [-0.4, -0.2) is 29.2 Å². The van der Waals surface area contributed by atoms with E-state index in [-0.39, 0.29) is 5.92 Å². The van der Waals surface area contributed by atoms with Gasteiger partial charge in [-0.2, -0.15) is 11.8 Å². The maximum absolute atomic E-state index is 10.6. The predicted octanol–water partition coefficient (Wildman–Crippen LogP) is 3.28. The second-order valence-electron chi connectivity index (χ2n) is 3.62. The molecular weight excluding hydrogens is 304 g/mol. The molecule has 0 fully saturated rings. The minimum absolute atomic E-state index is 0.298. The lowest BCUT2D eigenvalue weighted by Gasteiger charge is -2.07. The Morgan fingerprint density at radius 1 is 1.47 bits per heavy atom. The number of carbonyl (C=O) groups is 1. The van der Waals surface area contributed by atoms with E-state index >= 15 is 0 Å². The Morgan fingerprint density at radius 3 is 2.71 bits per heavy atom. The lowest BCUT2D eigenvalue weighted by atomic mass is 10.2. The van der Waals surface area contributed by atoms with Gasteiger partial charge in [-0.15, -0.1) is 0 Å². The van der Waals surface area contributed by atoms with Crippen LogP contribution in [0.2, 0.25) is 0 Å². The van der Waals surface area contributed by atoms with Crippen molar-refractivity contribution in [2.45, 2.75) is 6.92 Å². The van der Waals surface area contributed by atoms with E-state index in [0.29, 0.717) is 12.4 Å². The van der Waals surface area contributed by atoms with Gasteiger partial charge in [-0.1, -0.05) is 22.9 Å². The van der Waals surface area contributed by atoms with Crippen molar-refractivity contribution in [3.63, 3.8) is 0 Å². The Hall–Kier alpha value is -0.680. The molecule has 0 amide bonds. The maximum atomic E-state index is 10.6. The summed E-state index contributed by atoms with van der Waals surface area (Å²) in [7, 11) is 0. The third-order valence-corrected chi connectivity index (χ3v) is 3.82. The first-order chi connectivity index (χ1) is 8.09. The number of carboxylic acid groups (broad SMARTS) is 1. The molecule has 0 radical (unpaired) electrons. The molecule has 0 aliphatic carbocycles. The van der Waals surface area contributed by atoms with Crippen molar-refractivity contribution in [3.05, 3.63) is 28.7 Å². The number of benzene rings is 1. The van der Waals surface area contributed by atoms with Gasteiger partial charge in [-0.3, -0.25) is 4.79 Å². The molecule has 0 heterocycles. The molecule has 94 valence electrons. The standard InChI is InChI=1S/C12H15BrO3S/c1-9(12(14)15)8-17-7-6-16-11-4-2-10(13)3-5-11/h2-5,9H,6-8H2,1H3,(H,14,15). The van der Waals surface area contributed by atoms with Gasteiger partial charge in [0.05, 0.1) is 12.5 Å². The van der Waals surface area contributed by atoms with Crippen molar-refractivity contribution in [3.8, 4) is 5.75 Å². The fraction of sp³-hybridized carbons (Fsp3) is 0.417. The van der Waals surface area contributed by atoms with Gasteiger partial charge in [-0.25, -0.2) is 0 Å². The molecule has 0 aliphatic heterocycles. The molecular formula is C12H15BrO3S. The van der Waals surface area contributed by atoms with Crippen LogP contribution < -0.4 is 4.74 Å². The highest BCUT2D eigenvalue weighted by atomic mass is 79.9. The van der Waals surface area contributed by atoms with Crippen LogP contribution in [0.3, 0.4) is 0 Å². The lowest BCUT2D eigenvalue weighted by molar-refractivity contribution is -0.140. The van der Waals surface area contributed by atoms with Gasteiger partial charge in [0.1, 0.15) is 5.75 Å². The molecule has 0 spiro atoms. The van der Waals surface area contributed by atoms with E-state index in [0.717, 1.165) is 16.0 Å². The summed E-state index contributed by atoms with van der Waals surface area (Å²) in [6.07, 6.45) is 0. The van der Waals surface area contributed by atoms with E-state index < -0.39 is 5.97 Å². The van der Waals surface area contributed by atoms with E-state index in [2.05, 4.69) is 15.9 Å². The maximum Gasteiger partial charge on any atom is 0.307 e. The predicted molar refractivity (Wildman–Crippen MR) is 73.8 cm³/mol. The normalized spacial score (nSPS) is 12.1. The Balaban J connectivity index is 2.12. The third kappa shape index (κ3) is 5.98. The first kappa shape index (κ1) is 14.4. The van der Waals surface area contributed by atoms with Crippen LogP contribution in [0.25, 0.3) is 0 Å². The average Bonchev–Trinajstić information content (AvgIpc) is 2.30. The highest BCUT2D eigenvalue weighted by Crippen LogP contribution is 2.16. The Kier molecular flexibility index (Phi) is 6.44. The molecule has 1 unspecified atom stereocenters. The number of hydrogen-bond acceptors (Lipinski definition) is 3. The second-order valence-corrected chi connectivity index (χ2v) is 5.68. The van der Waals surface area contributed by atoms with Crippen LogP contribution in [0.1, 0.15) is 6.92 Å². The van der Waals surface area contributed by atoms with Gasteiger partial charge in [0.25, 0.3) is 0 Å². The second kappa shape index (κ2) is 7.61. The first-order valence-corrected chi connectivity index (χ1v) is 7.23. The molecule has 1 aromatic rings. The molecule has 0 aliphatic rings. The van der Waals surface area contributed by atoms with E-state index in [9.17, 15) is 4.79 Å². The number of ether oxygens (including phenoxy) is 1. The molecule has 1 rings (SSSR count). The highest BCUT2D eigenvalue weighted by Gasteiger charge is 2.09. The topological polar surface area (TPSA) is 46.5 Å². The largest absolute Gasteiger partial charge is 0.493 e. The summed E-state index contributed by atoms with van der Waals surface area (Å²) in [5.74, 6) is 1.21. The fourth-order valence-corrected chi connectivity index (χ4v) is 2.21. The zero-order chi connectivity index (χ0) is 12.7. The number of thioether (sulfide) groups is 1. The van der Waals surface area contributed by atoms with Gasteiger partial charge >= 0.3 is 5.97 Å². The minimum atomic E-state index is -0.744. The number of carboxylic acids is 1. The monoisotopic (exact) mass is 318 g/mol. The molecule has 5 heteroatoms. The van der Waals surface area contributed by atoms with Crippen molar-refractivity contribution in [2.75, 3.05) is 18.1 Å². The number of halogens is 1. The van der Waals surface area contributed by atoms with Crippen molar-refractivity contribution < 1.29 is 14.6 Å². The van der Waals surface area contributed by atoms with Crippen LogP contribution in [-0.2, 0) is 4.79 Å². The lowest BCUT2D eigenvalue weighted by Crippen LogP contribution is -2.13. The molecule has 17 heavy (non-hydrogen) atoms. The molecule has 3 nitrogen and oxygen atoms in total. The molecule has 0 saturated carbocycles. The molecule has 0 aromatic heterocycles. The summed E-state index contributed by atoms with van der Waals surface area (Å²) in [5, 5.41) is 8.69. The van der Waals surface area contributed by atoms with Crippen LogP contribution >= 0.6 is 27.7 Å². The van der Waals surface area contributed by atoms with Gasteiger partial charge in [0.15, 0.2) is 0 Å². The Morgan fingerprint density at radius 2 is 2.12 bits per heavy atom. The quantitative estimate of drug-likeness (QED) is 0.784. The highest BCUT2D eigenvalue weighted by molar-refractivity contribution is 9.10. The summed E-state index contributed by atoms with van der Waals surface area (Å²) in [6, 6.07) is 7.65. The zero-order valence-electron chi connectivity index (χ0n) is 9.56. The summed E-state index contributed by atoms with van der Waals surface area (Å²) in [5.41, 5.74) is 0. The van der Waals surface area contributed by atoms with Crippen molar-refractivity contribution >= 4 is 33.7 Å². The first-order valence-electron chi connectivity index (χ1n) is 5.28. The van der Waals surface area contributed by atoms with Crippen LogP contribution in [0, 0.1) is 5.92 Å². The Bertz CT molecular complexity index is 353. The fourth-order valence-electron chi connectivity index (χ4n) is 1.08. The van der Waals surface area contributed by atoms with Gasteiger partial charge in [-0.05, 0) is 24.3 Å². The summed E-state index contributed by atoms with van der Waals surface area (Å²) in [6.45, 7) is 2.31. The molecule has 1 N–H and O–H groups in total. The molecule has 0 saturated heterocycles. The summed E-state index contributed by atoms with van der Waals surface area (Å²) in [4.78, 5) is 10.6. The SMILES string of the molecule is CC(CSCCOc1ccc(Br)cc1)C(=O)O. The summed E-state index contributed by atoms with van der Waals surface area (Å²) >= 11 is 4.95. The third-order valence-electron chi connectivity index (χ3n) is 2.10. The van der Waals surface area contributed by atoms with Crippen molar-refractivity contribution in [1.29, 1.82) is 0 Å². The number of aliphatic carboxylic acids is 1. The van der Waals surface area contributed by atoms with Crippen LogP contribution in [0.15, 0.2) is 28.7 Å². The van der Waals surface area contributed by atoms with Crippen LogP contribution in [0.5, 0.6) is 5.75 Å². The summed E-state index contributed by atoms with van der Waals surface area (Å²) < 4.78 is 6.54. The molecule has 1 atom stereocenters. The van der Waals surface area contributed by atoms with E-state index in [1.807, 2.05) is 24.3 Å². The smallest absolute Gasteiger partial charge is 0.307 e. The molecule has 1 aromatic carbocycles. The molecule has 0 bridgehead atoms. The van der Waals surface area contributed by atoms with Gasteiger partial charge in [0, 0.05) is 16.0 Å².